The minimum absolute atomic E-state index is 0.0439. The van der Waals surface area contributed by atoms with Crippen molar-refractivity contribution in [3.63, 3.8) is 0 Å². The summed E-state index contributed by atoms with van der Waals surface area (Å²) < 4.78 is 24.7. The van der Waals surface area contributed by atoms with E-state index in [0.717, 1.165) is 73.8 Å². The van der Waals surface area contributed by atoms with Crippen LogP contribution in [-0.2, 0) is 11.3 Å². The van der Waals surface area contributed by atoms with Crippen molar-refractivity contribution in [1.82, 2.24) is 15.1 Å². The van der Waals surface area contributed by atoms with Crippen molar-refractivity contribution in [3.05, 3.63) is 63.7 Å². The van der Waals surface area contributed by atoms with E-state index in [0.29, 0.717) is 58.3 Å². The average molecular weight is 639 g/mol. The van der Waals surface area contributed by atoms with E-state index in [4.69, 9.17) is 41.9 Å². The first-order chi connectivity index (χ1) is 21.3. The van der Waals surface area contributed by atoms with Gasteiger partial charge in [0.15, 0.2) is 5.69 Å². The molecule has 0 atom stereocenters. The monoisotopic (exact) mass is 637 g/mol. The van der Waals surface area contributed by atoms with Crippen LogP contribution in [0.4, 0.5) is 0 Å². The van der Waals surface area contributed by atoms with E-state index < -0.39 is 5.97 Å². The molecule has 0 radical (unpaired) electrons. The Bertz CT molecular complexity index is 1690. The summed E-state index contributed by atoms with van der Waals surface area (Å²) in [6, 6.07) is 7.00. The summed E-state index contributed by atoms with van der Waals surface area (Å²) in [7, 11) is 0. The molecule has 1 aromatic carbocycles. The zero-order valence-electron chi connectivity index (χ0n) is 24.4. The number of rotatable bonds is 11. The van der Waals surface area contributed by atoms with Crippen LogP contribution >= 0.6 is 23.2 Å². The number of nitrogens with zero attached hydrogens (tertiary/aromatic N) is 3. The first-order valence-electron chi connectivity index (χ1n) is 15.1. The summed E-state index contributed by atoms with van der Waals surface area (Å²) in [5.41, 5.74) is 2.64. The predicted octanol–water partition coefficient (Wildman–Crippen LogP) is 8.25. The molecule has 4 saturated carbocycles. The summed E-state index contributed by atoms with van der Waals surface area (Å²) in [4.78, 5) is 19.9. The fraction of sp³-hybridized carbons (Fsp3) is 0.455. The summed E-state index contributed by atoms with van der Waals surface area (Å²) in [5, 5.41) is 15.4. The Hall–Kier alpha value is -3.40. The van der Waals surface area contributed by atoms with Crippen molar-refractivity contribution in [2.45, 2.75) is 76.4 Å². The molecule has 0 saturated heterocycles. The molecule has 11 heteroatoms. The maximum atomic E-state index is 11.5. The number of pyridine rings is 2. The number of ether oxygens (including phenoxy) is 3. The number of carboxylic acids is 1. The normalized spacial score (nSPS) is 22.8. The number of carbonyl (C=O) groups is 1. The molecule has 4 fully saturated rings. The number of hydrogen-bond donors (Lipinski definition) is 1. The minimum Gasteiger partial charge on any atom is -0.493 e. The highest BCUT2D eigenvalue weighted by Crippen LogP contribution is 2.55. The van der Waals surface area contributed by atoms with Crippen LogP contribution in [0.2, 0.25) is 10.0 Å². The highest BCUT2D eigenvalue weighted by Gasteiger charge is 2.50. The number of fused-ring (bicyclic) bond motifs is 4. The molecule has 4 aliphatic rings. The van der Waals surface area contributed by atoms with Crippen LogP contribution in [0.15, 0.2) is 41.2 Å². The van der Waals surface area contributed by atoms with Gasteiger partial charge >= 0.3 is 5.97 Å². The summed E-state index contributed by atoms with van der Waals surface area (Å²) in [5.74, 6) is 1.37. The molecule has 0 amide bonds. The summed E-state index contributed by atoms with van der Waals surface area (Å²) >= 11 is 13.0. The molecule has 8 rings (SSSR count). The van der Waals surface area contributed by atoms with Gasteiger partial charge in [0.25, 0.3) is 0 Å². The van der Waals surface area contributed by atoms with E-state index in [9.17, 15) is 9.90 Å². The van der Waals surface area contributed by atoms with Crippen molar-refractivity contribution in [2.75, 3.05) is 13.2 Å². The van der Waals surface area contributed by atoms with Gasteiger partial charge in [0.1, 0.15) is 23.0 Å². The van der Waals surface area contributed by atoms with Crippen LogP contribution in [0.1, 0.15) is 86.0 Å². The third kappa shape index (κ3) is 5.50. The molecule has 0 spiro atoms. The summed E-state index contributed by atoms with van der Waals surface area (Å²) in [6.45, 7) is 3.30. The van der Waals surface area contributed by atoms with Gasteiger partial charge in [0, 0.05) is 46.3 Å². The molecular formula is C33H33Cl2N3O6. The van der Waals surface area contributed by atoms with Gasteiger partial charge in [0.2, 0.25) is 0 Å². The fourth-order valence-electron chi connectivity index (χ4n) is 6.73. The van der Waals surface area contributed by atoms with Crippen molar-refractivity contribution >= 4 is 40.1 Å². The Balaban J connectivity index is 1.03. The lowest BCUT2D eigenvalue weighted by Gasteiger charge is -2.52. The van der Waals surface area contributed by atoms with Crippen LogP contribution < -0.4 is 9.47 Å². The molecule has 1 N–H and O–H groups in total. The van der Waals surface area contributed by atoms with E-state index in [1.165, 1.54) is 6.07 Å². The largest absolute Gasteiger partial charge is 0.493 e. The van der Waals surface area contributed by atoms with Crippen molar-refractivity contribution in [1.29, 1.82) is 0 Å². The van der Waals surface area contributed by atoms with E-state index >= 15 is 0 Å². The SMILES string of the molecule is CCOc1cc(C(=O)O)nc2ccc(OCC34CCC(OCc5c(-c6c(Cl)cncc6Cl)noc5C5CC5)(CC3)CC4)cc12. The van der Waals surface area contributed by atoms with Crippen LogP contribution in [0.3, 0.4) is 0 Å². The van der Waals surface area contributed by atoms with Gasteiger partial charge < -0.3 is 23.8 Å². The highest BCUT2D eigenvalue weighted by atomic mass is 35.5. The number of aromatic nitrogens is 3. The van der Waals surface area contributed by atoms with Crippen LogP contribution in [0, 0.1) is 5.41 Å². The van der Waals surface area contributed by atoms with Gasteiger partial charge in [0.05, 0.1) is 41.0 Å². The van der Waals surface area contributed by atoms with Crippen molar-refractivity contribution in [2.24, 2.45) is 5.41 Å². The fourth-order valence-corrected chi connectivity index (χ4v) is 7.28. The zero-order valence-corrected chi connectivity index (χ0v) is 25.9. The first kappa shape index (κ1) is 29.3. The number of halogens is 2. The number of benzene rings is 1. The van der Waals surface area contributed by atoms with E-state index in [-0.39, 0.29) is 16.7 Å². The van der Waals surface area contributed by atoms with E-state index in [1.807, 2.05) is 19.1 Å². The molecule has 0 aliphatic heterocycles. The Labute approximate surface area is 264 Å². The predicted molar refractivity (Wildman–Crippen MR) is 165 cm³/mol. The maximum Gasteiger partial charge on any atom is 0.354 e. The second kappa shape index (κ2) is 11.5. The van der Waals surface area contributed by atoms with Crippen molar-refractivity contribution in [3.8, 4) is 22.8 Å². The van der Waals surface area contributed by atoms with Gasteiger partial charge in [-0.15, -0.1) is 0 Å². The Morgan fingerprint density at radius 2 is 1.77 bits per heavy atom. The number of aromatic carboxylic acids is 1. The minimum atomic E-state index is -1.09. The third-order valence-electron chi connectivity index (χ3n) is 9.52. The van der Waals surface area contributed by atoms with E-state index in [1.54, 1.807) is 18.5 Å². The molecule has 9 nitrogen and oxygen atoms in total. The van der Waals surface area contributed by atoms with E-state index in [2.05, 4.69) is 15.1 Å². The van der Waals surface area contributed by atoms with Gasteiger partial charge in [-0.25, -0.2) is 9.78 Å². The van der Waals surface area contributed by atoms with Gasteiger partial charge in [-0.1, -0.05) is 28.4 Å². The lowest BCUT2D eigenvalue weighted by molar-refractivity contribution is -0.150. The number of carboxylic acid groups (broad SMARTS) is 1. The zero-order chi connectivity index (χ0) is 30.5. The third-order valence-corrected chi connectivity index (χ3v) is 10.1. The smallest absolute Gasteiger partial charge is 0.354 e. The molecule has 0 unspecified atom stereocenters. The molecule has 3 aromatic heterocycles. The van der Waals surface area contributed by atoms with Crippen LogP contribution in [-0.4, -0.2) is 45.0 Å². The lowest BCUT2D eigenvalue weighted by atomic mass is 9.59. The van der Waals surface area contributed by atoms with Crippen molar-refractivity contribution < 1.29 is 28.6 Å². The highest BCUT2D eigenvalue weighted by molar-refractivity contribution is 6.38. The Morgan fingerprint density at radius 3 is 2.43 bits per heavy atom. The molecule has 44 heavy (non-hydrogen) atoms. The first-order valence-corrected chi connectivity index (χ1v) is 15.9. The van der Waals surface area contributed by atoms with Crippen LogP contribution in [0.5, 0.6) is 11.5 Å². The Morgan fingerprint density at radius 1 is 1.05 bits per heavy atom. The van der Waals surface area contributed by atoms with Gasteiger partial charge in [-0.05, 0) is 76.5 Å². The lowest BCUT2D eigenvalue weighted by Crippen LogP contribution is -2.49. The second-order valence-electron chi connectivity index (χ2n) is 12.3. The molecule has 4 aliphatic carbocycles. The maximum absolute atomic E-state index is 11.5. The molecule has 2 bridgehead atoms. The average Bonchev–Trinajstić information content (AvgIpc) is 3.80. The van der Waals surface area contributed by atoms with Gasteiger partial charge in [-0.2, -0.15) is 0 Å². The molecule has 230 valence electrons. The molecule has 4 aromatic rings. The Kier molecular flexibility index (Phi) is 7.67. The molecule has 3 heterocycles. The topological polar surface area (TPSA) is 117 Å². The molecular weight excluding hydrogens is 605 g/mol. The quantitative estimate of drug-likeness (QED) is 0.173. The van der Waals surface area contributed by atoms with Crippen LogP contribution in [0.25, 0.3) is 22.2 Å². The standard InChI is InChI=1S/C33H33Cl2N3O6/c1-2-41-27-14-26(31(39)40)37-25-6-5-20(13-21(25)27)42-18-32-7-10-33(11-8-32,12-9-32)43-17-22-29(38-44-30(22)19-3-4-19)28-23(34)15-36-16-24(28)35/h5-6,13-16,19H,2-4,7-12,17-18H2,1H3,(H,39,40). The number of hydrogen-bond acceptors (Lipinski definition) is 8. The second-order valence-corrected chi connectivity index (χ2v) is 13.1. The van der Waals surface area contributed by atoms with Gasteiger partial charge in [-0.3, -0.25) is 4.98 Å². The summed E-state index contributed by atoms with van der Waals surface area (Å²) in [6.07, 6.45) is 11.2.